The second kappa shape index (κ2) is 6.83. The number of benzene rings is 2. The molecule has 0 aliphatic carbocycles. The van der Waals surface area contributed by atoms with Gasteiger partial charge in [0.15, 0.2) is 9.84 Å². The molecule has 2 rings (SSSR count). The maximum absolute atomic E-state index is 12.4. The third kappa shape index (κ3) is 4.07. The van der Waals surface area contributed by atoms with Crippen LogP contribution in [0.5, 0.6) is 0 Å². The van der Waals surface area contributed by atoms with Crippen molar-refractivity contribution in [1.29, 1.82) is 0 Å². The van der Waals surface area contributed by atoms with Crippen LogP contribution < -0.4 is 10.2 Å². The highest BCUT2D eigenvalue weighted by molar-refractivity contribution is 7.90. The lowest BCUT2D eigenvalue weighted by Gasteiger charge is -2.15. The van der Waals surface area contributed by atoms with Crippen LogP contribution in [0.1, 0.15) is 15.9 Å². The molecule has 2 aromatic carbocycles. The molecule has 24 heavy (non-hydrogen) atoms. The highest BCUT2D eigenvalue weighted by Gasteiger charge is 2.16. The molecule has 7 heteroatoms. The first-order chi connectivity index (χ1) is 11.1. The number of nitrogens with zero attached hydrogens (tertiary/aromatic N) is 1. The monoisotopic (exact) mass is 366 g/mol. The van der Waals surface area contributed by atoms with Crippen molar-refractivity contribution in [1.82, 2.24) is 0 Å². The van der Waals surface area contributed by atoms with Crippen LogP contribution in [0.25, 0.3) is 0 Å². The van der Waals surface area contributed by atoms with E-state index in [-0.39, 0.29) is 15.5 Å². The van der Waals surface area contributed by atoms with Gasteiger partial charge in [0.2, 0.25) is 0 Å². The molecule has 1 N–H and O–H groups in total. The van der Waals surface area contributed by atoms with Crippen molar-refractivity contribution < 1.29 is 13.2 Å². The van der Waals surface area contributed by atoms with Gasteiger partial charge in [-0.1, -0.05) is 11.6 Å². The zero-order valence-electron chi connectivity index (χ0n) is 13.9. The Morgan fingerprint density at radius 2 is 1.79 bits per heavy atom. The summed E-state index contributed by atoms with van der Waals surface area (Å²) in [5.74, 6) is -0.391. The van der Waals surface area contributed by atoms with Gasteiger partial charge in [-0.05, 0) is 48.9 Å². The van der Waals surface area contributed by atoms with Crippen LogP contribution in [-0.4, -0.2) is 34.7 Å². The van der Waals surface area contributed by atoms with Crippen LogP contribution in [0.2, 0.25) is 5.02 Å². The first-order valence-electron chi connectivity index (χ1n) is 7.18. The van der Waals surface area contributed by atoms with Gasteiger partial charge < -0.3 is 10.2 Å². The SMILES string of the molecule is Cc1cc(N(C)C)ccc1NC(=O)c1ccc(Cl)c(S(C)(=O)=O)c1. The Hall–Kier alpha value is -2.05. The van der Waals surface area contributed by atoms with E-state index in [1.807, 2.05) is 44.1 Å². The first-order valence-corrected chi connectivity index (χ1v) is 9.45. The summed E-state index contributed by atoms with van der Waals surface area (Å²) < 4.78 is 23.4. The largest absolute Gasteiger partial charge is 0.378 e. The Morgan fingerprint density at radius 1 is 1.12 bits per heavy atom. The topological polar surface area (TPSA) is 66.5 Å². The van der Waals surface area contributed by atoms with E-state index in [0.717, 1.165) is 17.5 Å². The molecule has 0 radical (unpaired) electrons. The average Bonchev–Trinajstić information content (AvgIpc) is 2.48. The molecule has 0 saturated carbocycles. The van der Waals surface area contributed by atoms with Crippen LogP contribution >= 0.6 is 11.6 Å². The van der Waals surface area contributed by atoms with Crippen LogP contribution in [0.4, 0.5) is 11.4 Å². The number of halogens is 1. The smallest absolute Gasteiger partial charge is 0.255 e. The summed E-state index contributed by atoms with van der Waals surface area (Å²) in [7, 11) is 0.373. The van der Waals surface area contributed by atoms with E-state index in [4.69, 9.17) is 11.6 Å². The minimum atomic E-state index is -3.50. The lowest BCUT2D eigenvalue weighted by Crippen LogP contribution is -2.14. The van der Waals surface area contributed by atoms with Gasteiger partial charge in [-0.15, -0.1) is 0 Å². The van der Waals surface area contributed by atoms with Crippen molar-refractivity contribution in [2.24, 2.45) is 0 Å². The molecule has 0 saturated heterocycles. The van der Waals surface area contributed by atoms with Gasteiger partial charge in [-0.3, -0.25) is 4.79 Å². The molecule has 5 nitrogen and oxygen atoms in total. The molecular weight excluding hydrogens is 348 g/mol. The molecule has 0 aliphatic heterocycles. The van der Waals surface area contributed by atoms with E-state index in [2.05, 4.69) is 5.32 Å². The summed E-state index contributed by atoms with van der Waals surface area (Å²) in [4.78, 5) is 14.3. The first kappa shape index (κ1) is 18.3. The molecule has 0 fully saturated rings. The van der Waals surface area contributed by atoms with Crippen molar-refractivity contribution in [3.05, 3.63) is 52.5 Å². The minimum absolute atomic E-state index is 0.0588. The van der Waals surface area contributed by atoms with Gasteiger partial charge >= 0.3 is 0 Å². The number of sulfone groups is 1. The van der Waals surface area contributed by atoms with Crippen LogP contribution in [0.3, 0.4) is 0 Å². The number of rotatable bonds is 4. The molecule has 0 aliphatic rings. The van der Waals surface area contributed by atoms with E-state index < -0.39 is 15.7 Å². The fraction of sp³-hybridized carbons (Fsp3) is 0.235. The Bertz CT molecular complexity index is 893. The van der Waals surface area contributed by atoms with Crippen molar-refractivity contribution in [2.45, 2.75) is 11.8 Å². The normalized spacial score (nSPS) is 11.2. The Kier molecular flexibility index (Phi) is 5.20. The zero-order valence-corrected chi connectivity index (χ0v) is 15.5. The van der Waals surface area contributed by atoms with Crippen LogP contribution in [0, 0.1) is 6.92 Å². The van der Waals surface area contributed by atoms with Gasteiger partial charge in [0.1, 0.15) is 0 Å². The van der Waals surface area contributed by atoms with Crippen molar-refractivity contribution in [3.63, 3.8) is 0 Å². The van der Waals surface area contributed by atoms with Crippen molar-refractivity contribution in [3.8, 4) is 0 Å². The predicted octanol–water partition coefficient (Wildman–Crippen LogP) is 3.37. The molecule has 128 valence electrons. The van der Waals surface area contributed by atoms with Gasteiger partial charge in [-0.25, -0.2) is 8.42 Å². The van der Waals surface area contributed by atoms with E-state index >= 15 is 0 Å². The summed E-state index contributed by atoms with van der Waals surface area (Å²) in [6.07, 6.45) is 1.06. The van der Waals surface area contributed by atoms with Gasteiger partial charge in [0.05, 0.1) is 9.92 Å². The Morgan fingerprint density at radius 3 is 2.33 bits per heavy atom. The summed E-state index contributed by atoms with van der Waals surface area (Å²) in [5.41, 5.74) is 2.83. The molecule has 2 aromatic rings. The van der Waals surface area contributed by atoms with Crippen LogP contribution in [-0.2, 0) is 9.84 Å². The van der Waals surface area contributed by atoms with Crippen molar-refractivity contribution in [2.75, 3.05) is 30.6 Å². The summed E-state index contributed by atoms with van der Waals surface area (Å²) in [6, 6.07) is 9.86. The summed E-state index contributed by atoms with van der Waals surface area (Å²) >= 11 is 5.90. The molecule has 0 spiro atoms. The molecule has 1 amide bonds. The number of nitrogens with one attached hydrogen (secondary N) is 1. The van der Waals surface area contributed by atoms with Gasteiger partial charge in [0.25, 0.3) is 5.91 Å². The Labute approximate surface area is 147 Å². The lowest BCUT2D eigenvalue weighted by molar-refractivity contribution is 0.102. The Balaban J connectivity index is 2.31. The molecule has 0 atom stereocenters. The van der Waals surface area contributed by atoms with Crippen molar-refractivity contribution >= 4 is 38.7 Å². The van der Waals surface area contributed by atoms with Gasteiger partial charge in [0, 0.05) is 37.3 Å². The highest BCUT2D eigenvalue weighted by Crippen LogP contribution is 2.25. The number of hydrogen-bond acceptors (Lipinski definition) is 4. The second-order valence-electron chi connectivity index (χ2n) is 5.77. The number of carbonyl (C=O) groups excluding carboxylic acids is 1. The maximum Gasteiger partial charge on any atom is 0.255 e. The van der Waals surface area contributed by atoms with Crippen LogP contribution in [0.15, 0.2) is 41.3 Å². The van der Waals surface area contributed by atoms with E-state index in [0.29, 0.717) is 5.69 Å². The van der Waals surface area contributed by atoms with E-state index in [9.17, 15) is 13.2 Å². The minimum Gasteiger partial charge on any atom is -0.378 e. The number of amides is 1. The fourth-order valence-electron chi connectivity index (χ4n) is 2.19. The zero-order chi connectivity index (χ0) is 18.1. The van der Waals surface area contributed by atoms with E-state index in [1.54, 1.807) is 0 Å². The molecule has 0 bridgehead atoms. The molecule has 0 unspecified atom stereocenters. The molecule has 0 aromatic heterocycles. The van der Waals surface area contributed by atoms with Gasteiger partial charge in [-0.2, -0.15) is 0 Å². The third-order valence-electron chi connectivity index (χ3n) is 3.57. The number of anilines is 2. The maximum atomic E-state index is 12.4. The molecule has 0 heterocycles. The second-order valence-corrected chi connectivity index (χ2v) is 8.16. The lowest BCUT2D eigenvalue weighted by atomic mass is 10.1. The standard InChI is InChI=1S/C17H19ClN2O3S/c1-11-9-13(20(2)3)6-8-15(11)19-17(21)12-5-7-14(18)16(10-12)24(4,22)23/h5-10H,1-4H3,(H,19,21). The highest BCUT2D eigenvalue weighted by atomic mass is 35.5. The summed E-state index contributed by atoms with van der Waals surface area (Å²) in [6.45, 7) is 1.90. The predicted molar refractivity (Wildman–Crippen MR) is 98.0 cm³/mol. The number of hydrogen-bond donors (Lipinski definition) is 1. The summed E-state index contributed by atoms with van der Waals surface area (Å²) in [5, 5.41) is 2.89. The average molecular weight is 367 g/mol. The van der Waals surface area contributed by atoms with E-state index in [1.165, 1.54) is 18.2 Å². The quantitative estimate of drug-likeness (QED) is 0.900. The number of carbonyl (C=O) groups is 1. The fourth-order valence-corrected chi connectivity index (χ4v) is 3.49. The number of aryl methyl sites for hydroxylation is 1. The molecular formula is C17H19ClN2O3S. The third-order valence-corrected chi connectivity index (χ3v) is 5.15.